The molecule has 1 N–H and O–H groups in total. The lowest BCUT2D eigenvalue weighted by atomic mass is 10.1. The van der Waals surface area contributed by atoms with E-state index >= 15 is 0 Å². The van der Waals surface area contributed by atoms with Gasteiger partial charge in [0.15, 0.2) is 0 Å². The lowest BCUT2D eigenvalue weighted by Crippen LogP contribution is -2.54. The molecule has 0 bridgehead atoms. The van der Waals surface area contributed by atoms with Crippen molar-refractivity contribution in [1.82, 2.24) is 9.88 Å². The molecule has 7 nitrogen and oxygen atoms in total. The van der Waals surface area contributed by atoms with Crippen molar-refractivity contribution < 1.29 is 19.1 Å². The zero-order valence-corrected chi connectivity index (χ0v) is 20.1. The quantitative estimate of drug-likeness (QED) is 0.345. The summed E-state index contributed by atoms with van der Waals surface area (Å²) in [6.07, 6.45) is 3.21. The highest BCUT2D eigenvalue weighted by Crippen LogP contribution is 2.28. The van der Waals surface area contributed by atoms with Gasteiger partial charge >= 0.3 is 6.03 Å². The van der Waals surface area contributed by atoms with E-state index in [1.807, 2.05) is 0 Å². The van der Waals surface area contributed by atoms with Crippen molar-refractivity contribution in [1.29, 1.82) is 0 Å². The predicted molar refractivity (Wildman–Crippen MR) is 132 cm³/mol. The summed E-state index contributed by atoms with van der Waals surface area (Å²) < 4.78 is 7.52. The van der Waals surface area contributed by atoms with Crippen LogP contribution in [0.15, 0.2) is 60.3 Å². The summed E-state index contributed by atoms with van der Waals surface area (Å²) in [5, 5.41) is 3.54. The van der Waals surface area contributed by atoms with E-state index < -0.39 is 17.8 Å². The Labute approximate surface area is 210 Å². The summed E-state index contributed by atoms with van der Waals surface area (Å²) in [6, 6.07) is 12.4. The van der Waals surface area contributed by atoms with Crippen molar-refractivity contribution in [2.75, 3.05) is 11.5 Å². The van der Waals surface area contributed by atoms with Crippen LogP contribution in [0.2, 0.25) is 15.1 Å². The number of halogens is 3. The Morgan fingerprint density at radius 3 is 2.56 bits per heavy atom. The highest BCUT2D eigenvalue weighted by atomic mass is 35.5. The standard InChI is InChI=1S/C24H18Cl3N3O4/c1-14-4-6-17(13-20(14)27)30-23(32)18(22(31)28-24(30)33)12-16-3-2-8-29(16)9-10-34-21-11-15(25)5-7-19(21)26/h2-8,11-13H,9-10H2,1H3,(H,28,31,33)/b18-12-. The molecule has 1 aliphatic rings. The number of aryl methyl sites for hydroxylation is 1. The van der Waals surface area contributed by atoms with E-state index in [2.05, 4.69) is 5.32 Å². The number of aromatic nitrogens is 1. The van der Waals surface area contributed by atoms with Crippen LogP contribution >= 0.6 is 34.8 Å². The van der Waals surface area contributed by atoms with Gasteiger partial charge in [0.25, 0.3) is 11.8 Å². The summed E-state index contributed by atoms with van der Waals surface area (Å²) in [7, 11) is 0. The molecule has 10 heteroatoms. The molecule has 1 aromatic heterocycles. The minimum atomic E-state index is -0.839. The molecule has 0 atom stereocenters. The number of anilines is 1. The molecule has 1 aliphatic heterocycles. The SMILES string of the molecule is Cc1ccc(N2C(=O)NC(=O)/C(=C/c3cccn3CCOc3cc(Cl)ccc3Cl)C2=O)cc1Cl. The maximum Gasteiger partial charge on any atom is 0.335 e. The molecule has 2 heterocycles. The van der Waals surface area contributed by atoms with Gasteiger partial charge in [-0.1, -0.05) is 40.9 Å². The van der Waals surface area contributed by atoms with E-state index in [0.29, 0.717) is 33.1 Å². The van der Waals surface area contributed by atoms with E-state index in [9.17, 15) is 14.4 Å². The number of barbiturate groups is 1. The fourth-order valence-corrected chi connectivity index (χ4v) is 3.87. The first kappa shape index (κ1) is 23.9. The lowest BCUT2D eigenvalue weighted by molar-refractivity contribution is -0.122. The molecule has 2 aromatic carbocycles. The Kier molecular flexibility index (Phi) is 6.97. The van der Waals surface area contributed by atoms with E-state index in [4.69, 9.17) is 39.5 Å². The summed E-state index contributed by atoms with van der Waals surface area (Å²) in [5.74, 6) is -1.07. The normalized spacial score (nSPS) is 15.1. The van der Waals surface area contributed by atoms with Crippen LogP contribution in [-0.4, -0.2) is 29.0 Å². The first-order valence-electron chi connectivity index (χ1n) is 10.1. The number of hydrogen-bond acceptors (Lipinski definition) is 4. The maximum atomic E-state index is 13.1. The number of hydrogen-bond donors (Lipinski definition) is 1. The van der Waals surface area contributed by atoms with E-state index in [1.165, 1.54) is 12.1 Å². The number of ether oxygens (including phenoxy) is 1. The highest BCUT2D eigenvalue weighted by Gasteiger charge is 2.37. The molecule has 0 aliphatic carbocycles. The number of imide groups is 2. The molecule has 174 valence electrons. The lowest BCUT2D eigenvalue weighted by Gasteiger charge is -2.26. The number of carbonyl (C=O) groups excluding carboxylic acids is 3. The predicted octanol–water partition coefficient (Wildman–Crippen LogP) is 5.50. The van der Waals surface area contributed by atoms with Crippen molar-refractivity contribution in [3.63, 3.8) is 0 Å². The molecule has 34 heavy (non-hydrogen) atoms. The third-order valence-corrected chi connectivity index (χ3v) is 6.11. The fraction of sp³-hybridized carbons (Fsp3) is 0.125. The molecule has 1 fully saturated rings. The second-order valence-corrected chi connectivity index (χ2v) is 8.69. The first-order valence-corrected chi connectivity index (χ1v) is 11.3. The van der Waals surface area contributed by atoms with Crippen LogP contribution in [0.4, 0.5) is 10.5 Å². The zero-order valence-electron chi connectivity index (χ0n) is 17.8. The summed E-state index contributed by atoms with van der Waals surface area (Å²) in [5.41, 5.74) is 1.45. The summed E-state index contributed by atoms with van der Waals surface area (Å²) >= 11 is 18.3. The highest BCUT2D eigenvalue weighted by molar-refractivity contribution is 6.39. The number of carbonyl (C=O) groups is 3. The van der Waals surface area contributed by atoms with Gasteiger partial charge in [0.05, 0.1) is 17.3 Å². The molecule has 1 saturated heterocycles. The number of benzene rings is 2. The molecule has 0 radical (unpaired) electrons. The molecule has 0 unspecified atom stereocenters. The number of amides is 4. The molecule has 0 spiro atoms. The van der Waals surface area contributed by atoms with Crippen LogP contribution in [0.25, 0.3) is 6.08 Å². The number of rotatable bonds is 6. The van der Waals surface area contributed by atoms with Gasteiger partial charge < -0.3 is 9.30 Å². The number of nitrogens with one attached hydrogen (secondary N) is 1. The second-order valence-electron chi connectivity index (χ2n) is 7.44. The van der Waals surface area contributed by atoms with E-state index in [0.717, 1.165) is 10.5 Å². The Hall–Kier alpha value is -3.26. The van der Waals surface area contributed by atoms with Crippen LogP contribution < -0.4 is 15.0 Å². The maximum absolute atomic E-state index is 13.1. The van der Waals surface area contributed by atoms with Gasteiger partial charge in [0.2, 0.25) is 0 Å². The van der Waals surface area contributed by atoms with Gasteiger partial charge in [0.1, 0.15) is 17.9 Å². The average molecular weight is 519 g/mol. The number of nitrogens with zero attached hydrogens (tertiary/aromatic N) is 2. The van der Waals surface area contributed by atoms with Crippen molar-refractivity contribution in [3.8, 4) is 5.75 Å². The van der Waals surface area contributed by atoms with Crippen molar-refractivity contribution in [3.05, 3.63) is 86.6 Å². The average Bonchev–Trinajstić information content (AvgIpc) is 3.23. The van der Waals surface area contributed by atoms with Crippen LogP contribution in [0.5, 0.6) is 5.75 Å². The Morgan fingerprint density at radius 1 is 1.00 bits per heavy atom. The van der Waals surface area contributed by atoms with Crippen LogP contribution in [0.1, 0.15) is 11.3 Å². The molecule has 3 aromatic rings. The van der Waals surface area contributed by atoms with Crippen LogP contribution in [0.3, 0.4) is 0 Å². The third-order valence-electron chi connectivity index (χ3n) is 5.16. The minimum absolute atomic E-state index is 0.185. The molecule has 4 amide bonds. The molecular weight excluding hydrogens is 501 g/mol. The van der Waals surface area contributed by atoms with E-state index in [1.54, 1.807) is 60.2 Å². The van der Waals surface area contributed by atoms with Gasteiger partial charge in [-0.3, -0.25) is 14.9 Å². The number of urea groups is 1. The third kappa shape index (κ3) is 4.97. The van der Waals surface area contributed by atoms with Crippen molar-refractivity contribution in [2.24, 2.45) is 0 Å². The van der Waals surface area contributed by atoms with Crippen LogP contribution in [0, 0.1) is 6.92 Å². The van der Waals surface area contributed by atoms with Crippen LogP contribution in [-0.2, 0) is 16.1 Å². The monoisotopic (exact) mass is 517 g/mol. The summed E-state index contributed by atoms with van der Waals surface area (Å²) in [6.45, 7) is 2.47. The molecule has 0 saturated carbocycles. The van der Waals surface area contributed by atoms with Gasteiger partial charge in [-0.05, 0) is 55.0 Å². The smallest absolute Gasteiger partial charge is 0.335 e. The fourth-order valence-electron chi connectivity index (χ4n) is 3.36. The van der Waals surface area contributed by atoms with Gasteiger partial charge in [-0.25, -0.2) is 9.69 Å². The Bertz CT molecular complexity index is 1330. The van der Waals surface area contributed by atoms with E-state index in [-0.39, 0.29) is 17.9 Å². The summed E-state index contributed by atoms with van der Waals surface area (Å²) in [4.78, 5) is 38.9. The largest absolute Gasteiger partial charge is 0.490 e. The van der Waals surface area contributed by atoms with Crippen molar-refractivity contribution in [2.45, 2.75) is 13.5 Å². The molecular formula is C24H18Cl3N3O4. The Morgan fingerprint density at radius 2 is 1.79 bits per heavy atom. The van der Waals surface area contributed by atoms with Gasteiger partial charge in [-0.15, -0.1) is 0 Å². The minimum Gasteiger partial charge on any atom is -0.490 e. The second kappa shape index (κ2) is 9.93. The van der Waals surface area contributed by atoms with Gasteiger partial charge in [0, 0.05) is 28.0 Å². The van der Waals surface area contributed by atoms with Gasteiger partial charge in [-0.2, -0.15) is 0 Å². The topological polar surface area (TPSA) is 80.6 Å². The molecule has 4 rings (SSSR count). The Balaban J connectivity index is 1.55. The van der Waals surface area contributed by atoms with Crippen molar-refractivity contribution >= 4 is 64.4 Å². The first-order chi connectivity index (χ1) is 16.2. The zero-order chi connectivity index (χ0) is 24.4.